The number of hydrogen-bond donors (Lipinski definition) is 1. The van der Waals surface area contributed by atoms with Gasteiger partial charge in [-0.15, -0.1) is 0 Å². The van der Waals surface area contributed by atoms with Crippen LogP contribution in [-0.4, -0.2) is 18.7 Å². The van der Waals surface area contributed by atoms with Crippen molar-refractivity contribution < 1.29 is 4.74 Å². The molecule has 1 N–H and O–H groups in total. The van der Waals surface area contributed by atoms with Crippen molar-refractivity contribution in [3.8, 4) is 5.75 Å². The number of nitrogens with one attached hydrogen (secondary N) is 1. The van der Waals surface area contributed by atoms with E-state index in [0.29, 0.717) is 6.04 Å². The molecule has 1 aromatic carbocycles. The predicted octanol–water partition coefficient (Wildman–Crippen LogP) is 4.67. The molecule has 0 amide bonds. The number of benzene rings is 1. The van der Waals surface area contributed by atoms with Crippen LogP contribution in [0.25, 0.3) is 0 Å². The van der Waals surface area contributed by atoms with E-state index in [-0.39, 0.29) is 11.5 Å². The molecule has 2 nitrogen and oxygen atoms in total. The van der Waals surface area contributed by atoms with E-state index in [1.807, 2.05) is 0 Å². The van der Waals surface area contributed by atoms with Gasteiger partial charge in [-0.25, -0.2) is 0 Å². The van der Waals surface area contributed by atoms with E-state index in [2.05, 4.69) is 57.3 Å². The molecule has 0 bridgehead atoms. The molecular formula is C19H31NO. The lowest BCUT2D eigenvalue weighted by Crippen LogP contribution is -2.37. The van der Waals surface area contributed by atoms with Gasteiger partial charge in [0.25, 0.3) is 0 Å². The molecule has 0 spiro atoms. The van der Waals surface area contributed by atoms with Crippen LogP contribution in [0.2, 0.25) is 0 Å². The fraction of sp³-hybridized carbons (Fsp3) is 0.684. The summed E-state index contributed by atoms with van der Waals surface area (Å²) < 4.78 is 6.01. The maximum Gasteiger partial charge on any atom is 0.119 e. The second-order valence-corrected chi connectivity index (χ2v) is 7.45. The van der Waals surface area contributed by atoms with Crippen molar-refractivity contribution in [1.29, 1.82) is 0 Å². The highest BCUT2D eigenvalue weighted by atomic mass is 16.5. The second kappa shape index (κ2) is 7.31. The molecule has 1 atom stereocenters. The fourth-order valence-electron chi connectivity index (χ4n) is 2.95. The Hall–Kier alpha value is -1.02. The van der Waals surface area contributed by atoms with Gasteiger partial charge in [0.1, 0.15) is 11.9 Å². The van der Waals surface area contributed by atoms with Crippen molar-refractivity contribution in [1.82, 2.24) is 5.32 Å². The van der Waals surface area contributed by atoms with Crippen LogP contribution >= 0.6 is 0 Å². The minimum atomic E-state index is 0.201. The summed E-state index contributed by atoms with van der Waals surface area (Å²) in [6.07, 6.45) is 7.03. The van der Waals surface area contributed by atoms with E-state index in [0.717, 1.165) is 12.3 Å². The van der Waals surface area contributed by atoms with Crippen molar-refractivity contribution in [2.24, 2.45) is 0 Å². The van der Waals surface area contributed by atoms with Gasteiger partial charge in [-0.1, -0.05) is 52.2 Å². The first-order valence-corrected chi connectivity index (χ1v) is 8.46. The SMILES string of the molecule is C[C@H](CNC1CCCCC1)Oc1ccc(C(C)(C)C)cc1. The molecule has 1 fully saturated rings. The molecule has 1 aliphatic rings. The lowest BCUT2D eigenvalue weighted by molar-refractivity contribution is 0.205. The lowest BCUT2D eigenvalue weighted by atomic mass is 9.87. The Balaban J connectivity index is 1.78. The van der Waals surface area contributed by atoms with Gasteiger partial charge in [0, 0.05) is 12.6 Å². The summed E-state index contributed by atoms with van der Waals surface area (Å²) in [6, 6.07) is 9.25. The van der Waals surface area contributed by atoms with E-state index < -0.39 is 0 Å². The van der Waals surface area contributed by atoms with Crippen molar-refractivity contribution in [2.75, 3.05) is 6.54 Å². The highest BCUT2D eigenvalue weighted by Gasteiger charge is 2.15. The Kier molecular flexibility index (Phi) is 5.69. The van der Waals surface area contributed by atoms with Crippen molar-refractivity contribution in [3.63, 3.8) is 0 Å². The zero-order valence-electron chi connectivity index (χ0n) is 14.1. The smallest absolute Gasteiger partial charge is 0.119 e. The zero-order valence-corrected chi connectivity index (χ0v) is 14.1. The van der Waals surface area contributed by atoms with Gasteiger partial charge in [0.2, 0.25) is 0 Å². The summed E-state index contributed by atoms with van der Waals surface area (Å²) >= 11 is 0. The van der Waals surface area contributed by atoms with E-state index in [1.165, 1.54) is 37.7 Å². The molecule has 1 saturated carbocycles. The first kappa shape index (κ1) is 16.4. The van der Waals surface area contributed by atoms with Gasteiger partial charge in [-0.3, -0.25) is 0 Å². The minimum absolute atomic E-state index is 0.201. The third-order valence-electron chi connectivity index (χ3n) is 4.36. The molecule has 0 unspecified atom stereocenters. The third-order valence-corrected chi connectivity index (χ3v) is 4.36. The van der Waals surface area contributed by atoms with Crippen LogP contribution in [-0.2, 0) is 5.41 Å². The van der Waals surface area contributed by atoms with Crippen molar-refractivity contribution >= 4 is 0 Å². The maximum atomic E-state index is 6.01. The predicted molar refractivity (Wildman–Crippen MR) is 90.1 cm³/mol. The molecule has 0 aliphatic heterocycles. The van der Waals surface area contributed by atoms with Crippen LogP contribution in [0.4, 0.5) is 0 Å². The van der Waals surface area contributed by atoms with Crippen LogP contribution in [0.1, 0.15) is 65.4 Å². The van der Waals surface area contributed by atoms with E-state index in [9.17, 15) is 0 Å². The van der Waals surface area contributed by atoms with E-state index in [4.69, 9.17) is 4.74 Å². The Morgan fingerprint density at radius 2 is 1.71 bits per heavy atom. The van der Waals surface area contributed by atoms with Gasteiger partial charge in [-0.05, 0) is 42.9 Å². The summed E-state index contributed by atoms with van der Waals surface area (Å²) in [7, 11) is 0. The zero-order chi connectivity index (χ0) is 15.3. The lowest BCUT2D eigenvalue weighted by Gasteiger charge is -2.25. The van der Waals surface area contributed by atoms with Crippen molar-refractivity contribution in [3.05, 3.63) is 29.8 Å². The van der Waals surface area contributed by atoms with E-state index >= 15 is 0 Å². The Morgan fingerprint density at radius 1 is 1.10 bits per heavy atom. The number of hydrogen-bond acceptors (Lipinski definition) is 2. The quantitative estimate of drug-likeness (QED) is 0.850. The van der Waals surface area contributed by atoms with Crippen LogP contribution in [0, 0.1) is 0 Å². The summed E-state index contributed by atoms with van der Waals surface area (Å²) in [6.45, 7) is 9.79. The molecule has 0 saturated heterocycles. The fourth-order valence-corrected chi connectivity index (χ4v) is 2.95. The summed E-state index contributed by atoms with van der Waals surface area (Å²) in [5.74, 6) is 0.973. The monoisotopic (exact) mass is 289 g/mol. The van der Waals surface area contributed by atoms with Crippen LogP contribution in [0.15, 0.2) is 24.3 Å². The second-order valence-electron chi connectivity index (χ2n) is 7.45. The Morgan fingerprint density at radius 3 is 2.29 bits per heavy atom. The van der Waals surface area contributed by atoms with Gasteiger partial charge < -0.3 is 10.1 Å². The highest BCUT2D eigenvalue weighted by Crippen LogP contribution is 2.24. The molecule has 21 heavy (non-hydrogen) atoms. The van der Waals surface area contributed by atoms with Gasteiger partial charge in [0.15, 0.2) is 0 Å². The molecule has 1 aromatic rings. The summed E-state index contributed by atoms with van der Waals surface area (Å²) in [5.41, 5.74) is 1.55. The average Bonchev–Trinajstić information content (AvgIpc) is 2.46. The molecule has 0 radical (unpaired) electrons. The molecule has 2 rings (SSSR count). The molecular weight excluding hydrogens is 258 g/mol. The number of rotatable bonds is 5. The first-order valence-electron chi connectivity index (χ1n) is 8.46. The first-order chi connectivity index (χ1) is 9.95. The largest absolute Gasteiger partial charge is 0.489 e. The van der Waals surface area contributed by atoms with Gasteiger partial charge in [0.05, 0.1) is 0 Å². The van der Waals surface area contributed by atoms with Crippen LogP contribution < -0.4 is 10.1 Å². The molecule has 118 valence electrons. The summed E-state index contributed by atoms with van der Waals surface area (Å²) in [5, 5.41) is 3.65. The Labute approximate surface area is 130 Å². The highest BCUT2D eigenvalue weighted by molar-refractivity contribution is 5.31. The topological polar surface area (TPSA) is 21.3 Å². The van der Waals surface area contributed by atoms with Crippen LogP contribution in [0.3, 0.4) is 0 Å². The third kappa shape index (κ3) is 5.35. The maximum absolute atomic E-state index is 6.01. The molecule has 2 heteroatoms. The normalized spacial score (nSPS) is 18.5. The minimum Gasteiger partial charge on any atom is -0.489 e. The summed E-state index contributed by atoms with van der Waals surface area (Å²) in [4.78, 5) is 0. The molecule has 0 aromatic heterocycles. The number of ether oxygens (including phenoxy) is 1. The van der Waals surface area contributed by atoms with Crippen LogP contribution in [0.5, 0.6) is 5.75 Å². The standard InChI is InChI=1S/C19H31NO/c1-15(14-20-17-8-6-5-7-9-17)21-18-12-10-16(11-13-18)19(2,3)4/h10-13,15,17,20H,5-9,14H2,1-4H3/t15-/m1/s1. The average molecular weight is 289 g/mol. The van der Waals surface area contributed by atoms with E-state index in [1.54, 1.807) is 0 Å². The molecule has 1 aliphatic carbocycles. The van der Waals surface area contributed by atoms with Gasteiger partial charge >= 0.3 is 0 Å². The van der Waals surface area contributed by atoms with Gasteiger partial charge in [-0.2, -0.15) is 0 Å². The Bertz CT molecular complexity index is 412. The molecule has 0 heterocycles. The van der Waals surface area contributed by atoms with Crippen molar-refractivity contribution in [2.45, 2.75) is 77.4 Å².